The van der Waals surface area contributed by atoms with E-state index >= 15 is 0 Å². The van der Waals surface area contributed by atoms with E-state index in [2.05, 4.69) is 55.7 Å². The van der Waals surface area contributed by atoms with Crippen LogP contribution >= 0.6 is 55.0 Å². The molecule has 0 saturated heterocycles. The lowest BCUT2D eigenvalue weighted by molar-refractivity contribution is 0.572. The average molecular weight is 356 g/mol. The zero-order valence-electron chi connectivity index (χ0n) is 7.62. The molecule has 0 spiro atoms. The van der Waals surface area contributed by atoms with Gasteiger partial charge in [0.1, 0.15) is 10.1 Å². The van der Waals surface area contributed by atoms with Crippen molar-refractivity contribution in [2.24, 2.45) is 4.99 Å². The van der Waals surface area contributed by atoms with Crippen LogP contribution in [0.3, 0.4) is 0 Å². The second kappa shape index (κ2) is 3.57. The van der Waals surface area contributed by atoms with E-state index in [9.17, 15) is 0 Å². The van der Waals surface area contributed by atoms with Gasteiger partial charge in [0.15, 0.2) is 2.57 Å². The van der Waals surface area contributed by atoms with Crippen molar-refractivity contribution in [1.29, 1.82) is 0 Å². The van der Waals surface area contributed by atoms with Gasteiger partial charge in [-0.15, -0.1) is 11.3 Å². The van der Waals surface area contributed by atoms with Gasteiger partial charge in [-0.25, -0.2) is 4.98 Å². The number of thioether (sulfide) groups is 1. The molecule has 2 rings (SSSR count). The SMILES string of the molecule is CC1(C)N=C(c2nccs2)SC1(Br)Br. The minimum atomic E-state index is -0.214. The van der Waals surface area contributed by atoms with Gasteiger partial charge in [0.05, 0.1) is 5.54 Å². The van der Waals surface area contributed by atoms with Crippen LogP contribution in [0, 0.1) is 0 Å². The summed E-state index contributed by atoms with van der Waals surface area (Å²) in [6.07, 6.45) is 1.80. The summed E-state index contributed by atoms with van der Waals surface area (Å²) >= 11 is 10.5. The van der Waals surface area contributed by atoms with E-state index in [1.807, 2.05) is 5.38 Å². The van der Waals surface area contributed by atoms with Crippen molar-refractivity contribution in [1.82, 2.24) is 4.98 Å². The Morgan fingerprint density at radius 2 is 2.07 bits per heavy atom. The molecule has 1 aromatic heterocycles. The summed E-state index contributed by atoms with van der Waals surface area (Å²) < 4.78 is -0.214. The molecule has 0 fully saturated rings. The third kappa shape index (κ3) is 1.81. The summed E-state index contributed by atoms with van der Waals surface area (Å²) in [6, 6.07) is 0. The Morgan fingerprint density at radius 1 is 1.36 bits per heavy atom. The van der Waals surface area contributed by atoms with Crippen LogP contribution in [0.4, 0.5) is 0 Å². The maximum atomic E-state index is 4.65. The van der Waals surface area contributed by atoms with Crippen LogP contribution in [0.15, 0.2) is 16.6 Å². The lowest BCUT2D eigenvalue weighted by atomic mass is 10.1. The number of hydrogen-bond donors (Lipinski definition) is 0. The molecule has 0 bridgehead atoms. The highest BCUT2D eigenvalue weighted by Gasteiger charge is 2.48. The molecule has 76 valence electrons. The quantitative estimate of drug-likeness (QED) is 0.714. The molecule has 1 aliphatic rings. The fourth-order valence-electron chi connectivity index (χ4n) is 1.01. The predicted molar refractivity (Wildman–Crippen MR) is 70.9 cm³/mol. The normalized spacial score (nSPS) is 23.6. The molecule has 0 amide bonds. The minimum absolute atomic E-state index is 0.168. The van der Waals surface area contributed by atoms with Gasteiger partial charge in [-0.2, -0.15) is 0 Å². The van der Waals surface area contributed by atoms with Gasteiger partial charge >= 0.3 is 0 Å². The Labute approximate surface area is 108 Å². The van der Waals surface area contributed by atoms with Crippen LogP contribution in [0.1, 0.15) is 18.9 Å². The van der Waals surface area contributed by atoms with E-state index < -0.39 is 0 Å². The number of aromatic nitrogens is 1. The zero-order valence-corrected chi connectivity index (χ0v) is 12.4. The summed E-state index contributed by atoms with van der Waals surface area (Å²) in [4.78, 5) is 8.90. The first-order chi connectivity index (χ1) is 6.42. The van der Waals surface area contributed by atoms with Gasteiger partial charge in [-0.1, -0.05) is 43.6 Å². The molecule has 0 saturated carbocycles. The predicted octanol–water partition coefficient (Wildman–Crippen LogP) is 3.86. The monoisotopic (exact) mass is 354 g/mol. The molecule has 1 aromatic rings. The lowest BCUT2D eigenvalue weighted by Gasteiger charge is -2.26. The molecule has 0 atom stereocenters. The van der Waals surface area contributed by atoms with Crippen LogP contribution in [-0.4, -0.2) is 18.1 Å². The van der Waals surface area contributed by atoms with Crippen LogP contribution in [0.5, 0.6) is 0 Å². The molecule has 2 heterocycles. The molecule has 0 radical (unpaired) electrons. The number of nitrogens with zero attached hydrogens (tertiary/aromatic N) is 2. The van der Waals surface area contributed by atoms with Crippen molar-refractivity contribution in [3.63, 3.8) is 0 Å². The smallest absolute Gasteiger partial charge is 0.156 e. The summed E-state index contributed by atoms with van der Waals surface area (Å²) in [5.41, 5.74) is -0.168. The van der Waals surface area contributed by atoms with Gasteiger partial charge in [-0.05, 0) is 13.8 Å². The molecule has 14 heavy (non-hydrogen) atoms. The molecule has 0 N–H and O–H groups in total. The van der Waals surface area contributed by atoms with Crippen LogP contribution < -0.4 is 0 Å². The Kier molecular flexibility index (Phi) is 2.83. The lowest BCUT2D eigenvalue weighted by Crippen LogP contribution is -2.31. The topological polar surface area (TPSA) is 25.2 Å². The van der Waals surface area contributed by atoms with E-state index in [1.54, 1.807) is 29.3 Å². The van der Waals surface area contributed by atoms with Crippen LogP contribution in [0.2, 0.25) is 0 Å². The fraction of sp³-hybridized carbons (Fsp3) is 0.500. The summed E-state index contributed by atoms with van der Waals surface area (Å²) in [6.45, 7) is 4.17. The van der Waals surface area contributed by atoms with E-state index in [0.717, 1.165) is 10.1 Å². The number of halogens is 2. The summed E-state index contributed by atoms with van der Waals surface area (Å²) in [7, 11) is 0. The Balaban J connectivity index is 2.36. The van der Waals surface area contributed by atoms with Crippen molar-refractivity contribution in [2.45, 2.75) is 22.0 Å². The number of hydrogen-bond acceptors (Lipinski definition) is 4. The summed E-state index contributed by atoms with van der Waals surface area (Å²) in [5.74, 6) is 0. The minimum Gasteiger partial charge on any atom is -0.266 e. The standard InChI is InChI=1S/C8H8Br2N2S2/c1-7(2)8(9,10)14-6(12-7)5-11-3-4-13-5/h3-4H,1-2H3. The average Bonchev–Trinajstić information content (AvgIpc) is 2.58. The van der Waals surface area contributed by atoms with Crippen LogP contribution in [0.25, 0.3) is 0 Å². The first-order valence-electron chi connectivity index (χ1n) is 3.99. The van der Waals surface area contributed by atoms with Crippen LogP contribution in [-0.2, 0) is 0 Å². The fourth-order valence-corrected chi connectivity index (χ4v) is 3.85. The first-order valence-corrected chi connectivity index (χ1v) is 7.27. The third-order valence-corrected chi connectivity index (χ3v) is 6.99. The molecule has 0 aliphatic carbocycles. The molecule has 2 nitrogen and oxygen atoms in total. The van der Waals surface area contributed by atoms with E-state index in [0.29, 0.717) is 0 Å². The molecule has 0 aromatic carbocycles. The molecular formula is C8H8Br2N2S2. The Morgan fingerprint density at radius 3 is 2.50 bits per heavy atom. The second-order valence-corrected chi connectivity index (χ2v) is 10.0. The molecule has 0 unspecified atom stereocenters. The number of thiazole rings is 1. The van der Waals surface area contributed by atoms with Crippen molar-refractivity contribution in [3.05, 3.63) is 16.6 Å². The second-order valence-electron chi connectivity index (χ2n) is 3.43. The number of alkyl halides is 2. The first kappa shape index (κ1) is 11.1. The van der Waals surface area contributed by atoms with Gasteiger partial charge in [-0.3, -0.25) is 4.99 Å². The summed E-state index contributed by atoms with van der Waals surface area (Å²) in [5, 5.41) is 3.95. The highest BCUT2D eigenvalue weighted by molar-refractivity contribution is 9.28. The molecule has 1 aliphatic heterocycles. The maximum Gasteiger partial charge on any atom is 0.156 e. The van der Waals surface area contributed by atoms with Gasteiger partial charge < -0.3 is 0 Å². The van der Waals surface area contributed by atoms with Crippen molar-refractivity contribution < 1.29 is 0 Å². The Hall–Kier alpha value is 0.610. The highest BCUT2D eigenvalue weighted by atomic mass is 79.9. The van der Waals surface area contributed by atoms with E-state index in [-0.39, 0.29) is 8.10 Å². The van der Waals surface area contributed by atoms with Gasteiger partial charge in [0.2, 0.25) is 0 Å². The largest absolute Gasteiger partial charge is 0.266 e. The van der Waals surface area contributed by atoms with E-state index in [1.165, 1.54) is 0 Å². The highest BCUT2D eigenvalue weighted by Crippen LogP contribution is 2.55. The van der Waals surface area contributed by atoms with Crippen molar-refractivity contribution in [2.75, 3.05) is 0 Å². The zero-order chi connectivity index (χ0) is 10.4. The van der Waals surface area contributed by atoms with Crippen molar-refractivity contribution >= 4 is 60.0 Å². The number of aliphatic imine (C=N–C) groups is 1. The maximum absolute atomic E-state index is 4.65. The Bertz CT molecular complexity index is 371. The number of rotatable bonds is 1. The van der Waals surface area contributed by atoms with Gasteiger partial charge in [0, 0.05) is 11.6 Å². The third-order valence-electron chi connectivity index (χ3n) is 1.93. The molecular weight excluding hydrogens is 348 g/mol. The molecule has 6 heteroatoms. The van der Waals surface area contributed by atoms with Crippen molar-refractivity contribution in [3.8, 4) is 0 Å². The van der Waals surface area contributed by atoms with Gasteiger partial charge in [0.25, 0.3) is 0 Å². The van der Waals surface area contributed by atoms with E-state index in [4.69, 9.17) is 0 Å².